The number of rotatable bonds is 6. The third-order valence-electron chi connectivity index (χ3n) is 3.54. The number of aromatic nitrogens is 5. The van der Waals surface area contributed by atoms with Crippen molar-refractivity contribution >= 4 is 0 Å². The van der Waals surface area contributed by atoms with Gasteiger partial charge in [-0.1, -0.05) is 19.0 Å². The second-order valence-corrected chi connectivity index (χ2v) is 6.05. The summed E-state index contributed by atoms with van der Waals surface area (Å²) in [6, 6.07) is 0. The molecule has 0 spiro atoms. The van der Waals surface area contributed by atoms with Crippen molar-refractivity contribution in [3.05, 3.63) is 24.4 Å². The molecule has 1 saturated heterocycles. The van der Waals surface area contributed by atoms with Crippen LogP contribution in [0.5, 0.6) is 0 Å². The average Bonchev–Trinajstić information content (AvgIpc) is 3.11. The van der Waals surface area contributed by atoms with Crippen molar-refractivity contribution in [3.63, 3.8) is 0 Å². The van der Waals surface area contributed by atoms with E-state index < -0.39 is 0 Å². The fraction of sp³-hybridized carbons (Fsp3) is 0.714. The highest BCUT2D eigenvalue weighted by molar-refractivity contribution is 4.88. The van der Waals surface area contributed by atoms with Crippen LogP contribution in [0.15, 0.2) is 17.2 Å². The van der Waals surface area contributed by atoms with Gasteiger partial charge in [0.1, 0.15) is 12.7 Å². The number of nitrogens with zero attached hydrogens (tertiary/aromatic N) is 6. The largest absolute Gasteiger partial charge is 0.374 e. The molecule has 0 radical (unpaired) electrons. The molecule has 1 aliphatic rings. The van der Waals surface area contributed by atoms with E-state index >= 15 is 0 Å². The lowest BCUT2D eigenvalue weighted by molar-refractivity contribution is -0.0426. The van der Waals surface area contributed by atoms with Gasteiger partial charge in [0.2, 0.25) is 5.89 Å². The average molecular weight is 306 g/mol. The second kappa shape index (κ2) is 6.97. The smallest absolute Gasteiger partial charge is 0.240 e. The zero-order valence-corrected chi connectivity index (χ0v) is 13.1. The molecule has 3 heterocycles. The van der Waals surface area contributed by atoms with Crippen LogP contribution in [0.2, 0.25) is 0 Å². The predicted molar refractivity (Wildman–Crippen MR) is 77.9 cm³/mol. The van der Waals surface area contributed by atoms with Gasteiger partial charge >= 0.3 is 0 Å². The van der Waals surface area contributed by atoms with Gasteiger partial charge in [-0.3, -0.25) is 9.58 Å². The lowest BCUT2D eigenvalue weighted by Crippen LogP contribution is -2.43. The molecule has 3 rings (SSSR count). The summed E-state index contributed by atoms with van der Waals surface area (Å²) in [5.41, 5.74) is 0. The quantitative estimate of drug-likeness (QED) is 0.779. The van der Waals surface area contributed by atoms with Gasteiger partial charge in [-0.25, -0.2) is 4.98 Å². The van der Waals surface area contributed by atoms with Crippen molar-refractivity contribution in [2.75, 3.05) is 19.7 Å². The Balaban J connectivity index is 1.52. The van der Waals surface area contributed by atoms with Crippen LogP contribution in [0.4, 0.5) is 0 Å². The van der Waals surface area contributed by atoms with E-state index in [1.165, 1.54) is 6.33 Å². The highest BCUT2D eigenvalue weighted by Crippen LogP contribution is 2.12. The fourth-order valence-corrected chi connectivity index (χ4v) is 2.56. The van der Waals surface area contributed by atoms with Gasteiger partial charge in [0.15, 0.2) is 5.82 Å². The molecule has 0 saturated carbocycles. The van der Waals surface area contributed by atoms with Crippen LogP contribution in [0.1, 0.15) is 25.6 Å². The number of ether oxygens (including phenoxy) is 1. The van der Waals surface area contributed by atoms with Crippen molar-refractivity contribution in [1.82, 2.24) is 29.8 Å². The minimum absolute atomic E-state index is 0.105. The highest BCUT2D eigenvalue weighted by atomic mass is 16.5. The molecule has 8 nitrogen and oxygen atoms in total. The number of hydrogen-bond acceptors (Lipinski definition) is 7. The molecule has 0 N–H and O–H groups in total. The third-order valence-corrected chi connectivity index (χ3v) is 3.54. The van der Waals surface area contributed by atoms with Crippen LogP contribution in [-0.2, 0) is 24.2 Å². The summed E-state index contributed by atoms with van der Waals surface area (Å²) in [6.07, 6.45) is 4.20. The normalized spacial score (nSPS) is 19.9. The molecule has 0 unspecified atom stereocenters. The van der Waals surface area contributed by atoms with Gasteiger partial charge in [-0.15, -0.1) is 0 Å². The van der Waals surface area contributed by atoms with Crippen molar-refractivity contribution in [2.24, 2.45) is 5.92 Å². The molecule has 0 aliphatic carbocycles. The monoisotopic (exact) mass is 306 g/mol. The fourth-order valence-electron chi connectivity index (χ4n) is 2.56. The zero-order chi connectivity index (χ0) is 15.4. The maximum Gasteiger partial charge on any atom is 0.240 e. The van der Waals surface area contributed by atoms with E-state index in [1.807, 2.05) is 0 Å². The number of hydrogen-bond donors (Lipinski definition) is 0. The molecular weight excluding hydrogens is 284 g/mol. The summed E-state index contributed by atoms with van der Waals surface area (Å²) in [7, 11) is 0. The first-order valence-electron chi connectivity index (χ1n) is 7.67. The topological polar surface area (TPSA) is 82.1 Å². The first-order chi connectivity index (χ1) is 10.7. The molecule has 0 amide bonds. The lowest BCUT2D eigenvalue weighted by Gasteiger charge is -2.31. The van der Waals surface area contributed by atoms with E-state index in [0.717, 1.165) is 25.3 Å². The van der Waals surface area contributed by atoms with Crippen molar-refractivity contribution in [2.45, 2.75) is 39.5 Å². The summed E-state index contributed by atoms with van der Waals surface area (Å²) in [5.74, 6) is 2.00. The van der Waals surface area contributed by atoms with Crippen LogP contribution in [0.25, 0.3) is 0 Å². The van der Waals surface area contributed by atoms with Gasteiger partial charge in [-0.2, -0.15) is 10.1 Å². The SMILES string of the molecule is CC(C)Cc1noc(CN2CCO[C@H](Cn3cncn3)C2)n1. The van der Waals surface area contributed by atoms with E-state index in [9.17, 15) is 0 Å². The maximum atomic E-state index is 5.78. The van der Waals surface area contributed by atoms with E-state index in [1.54, 1.807) is 11.0 Å². The zero-order valence-electron chi connectivity index (χ0n) is 13.1. The molecule has 1 aliphatic heterocycles. The predicted octanol–water partition coefficient (Wildman–Crippen LogP) is 0.761. The molecule has 2 aromatic heterocycles. The van der Waals surface area contributed by atoms with Crippen molar-refractivity contribution in [3.8, 4) is 0 Å². The highest BCUT2D eigenvalue weighted by Gasteiger charge is 2.23. The Bertz CT molecular complexity index is 568. The first-order valence-corrected chi connectivity index (χ1v) is 7.67. The van der Waals surface area contributed by atoms with Gasteiger partial charge in [0.25, 0.3) is 0 Å². The molecule has 120 valence electrons. The summed E-state index contributed by atoms with van der Waals surface area (Å²) in [5, 5.41) is 8.15. The molecule has 2 aromatic rings. The lowest BCUT2D eigenvalue weighted by atomic mass is 10.1. The molecule has 0 aromatic carbocycles. The Kier molecular flexibility index (Phi) is 4.79. The van der Waals surface area contributed by atoms with E-state index in [2.05, 4.69) is 39.0 Å². The van der Waals surface area contributed by atoms with Crippen LogP contribution in [0.3, 0.4) is 0 Å². The van der Waals surface area contributed by atoms with Crippen molar-refractivity contribution < 1.29 is 9.26 Å². The summed E-state index contributed by atoms with van der Waals surface area (Å²) in [4.78, 5) is 10.7. The van der Waals surface area contributed by atoms with Gasteiger partial charge in [0, 0.05) is 19.5 Å². The molecule has 22 heavy (non-hydrogen) atoms. The van der Waals surface area contributed by atoms with Gasteiger partial charge < -0.3 is 9.26 Å². The van der Waals surface area contributed by atoms with Gasteiger partial charge in [0.05, 0.1) is 25.8 Å². The van der Waals surface area contributed by atoms with E-state index in [-0.39, 0.29) is 6.10 Å². The molecule has 0 bridgehead atoms. The molecule has 1 fully saturated rings. The summed E-state index contributed by atoms with van der Waals surface area (Å²) >= 11 is 0. The number of morpholine rings is 1. The summed E-state index contributed by atoms with van der Waals surface area (Å²) in [6.45, 7) is 8.06. The minimum atomic E-state index is 0.105. The minimum Gasteiger partial charge on any atom is -0.374 e. The van der Waals surface area contributed by atoms with Gasteiger partial charge in [-0.05, 0) is 5.92 Å². The molecule has 1 atom stereocenters. The second-order valence-electron chi connectivity index (χ2n) is 6.05. The van der Waals surface area contributed by atoms with Crippen LogP contribution >= 0.6 is 0 Å². The standard InChI is InChI=1S/C14H22N6O2/c1-11(2)5-13-17-14(22-18-13)8-19-3-4-21-12(6-19)7-20-10-15-9-16-20/h9-12H,3-8H2,1-2H3/t12-/m0/s1. The first kappa shape index (κ1) is 15.1. The van der Waals surface area contributed by atoms with E-state index in [0.29, 0.717) is 31.5 Å². The van der Waals surface area contributed by atoms with Crippen LogP contribution in [-0.4, -0.2) is 55.6 Å². The third kappa shape index (κ3) is 4.11. The Morgan fingerprint density at radius 2 is 2.32 bits per heavy atom. The molecular formula is C14H22N6O2. The Hall–Kier alpha value is -1.80. The Morgan fingerprint density at radius 3 is 3.09 bits per heavy atom. The van der Waals surface area contributed by atoms with E-state index in [4.69, 9.17) is 9.26 Å². The maximum absolute atomic E-state index is 5.78. The molecule has 8 heteroatoms. The van der Waals surface area contributed by atoms with Crippen molar-refractivity contribution in [1.29, 1.82) is 0 Å². The summed E-state index contributed by atoms with van der Waals surface area (Å²) < 4.78 is 12.9. The Labute approximate surface area is 129 Å². The van der Waals surface area contributed by atoms with Crippen LogP contribution in [0, 0.1) is 5.92 Å². The van der Waals surface area contributed by atoms with Crippen LogP contribution < -0.4 is 0 Å². The Morgan fingerprint density at radius 1 is 1.41 bits per heavy atom.